The molecule has 0 heterocycles. The summed E-state index contributed by atoms with van der Waals surface area (Å²) in [5.74, 6) is 0. The lowest BCUT2D eigenvalue weighted by atomic mass is 10.1. The van der Waals surface area contributed by atoms with E-state index in [1.807, 2.05) is 13.0 Å². The minimum absolute atomic E-state index is 0.142. The average molecular weight is 390 g/mol. The van der Waals surface area contributed by atoms with Crippen LogP contribution in [0.15, 0.2) is 45.8 Å². The molecule has 2 rings (SSSR count). The number of hydrogen-bond acceptors (Lipinski definition) is 3. The van der Waals surface area contributed by atoms with E-state index in [1.54, 1.807) is 30.3 Å². The predicted molar refractivity (Wildman–Crippen MR) is 89.0 cm³/mol. The summed E-state index contributed by atoms with van der Waals surface area (Å²) in [6.07, 6.45) is 0. The van der Waals surface area contributed by atoms with E-state index >= 15 is 0 Å². The molecule has 3 N–H and O–H groups in total. The molecular weight excluding hydrogens is 376 g/mol. The SMILES string of the molecule is Cc1cc(CN)cc(S(=O)(=O)Nc2ccccc2Cl)c1Br. The van der Waals surface area contributed by atoms with Crippen LogP contribution >= 0.6 is 27.5 Å². The monoisotopic (exact) mass is 388 g/mol. The number of rotatable bonds is 4. The summed E-state index contributed by atoms with van der Waals surface area (Å²) in [5, 5.41) is 0.337. The van der Waals surface area contributed by atoms with Crippen molar-refractivity contribution in [1.82, 2.24) is 0 Å². The summed E-state index contributed by atoms with van der Waals surface area (Å²) < 4.78 is 28.1. The van der Waals surface area contributed by atoms with Gasteiger partial charge in [0.15, 0.2) is 0 Å². The highest BCUT2D eigenvalue weighted by Gasteiger charge is 2.20. The number of nitrogens with one attached hydrogen (secondary N) is 1. The largest absolute Gasteiger partial charge is 0.326 e. The number of benzene rings is 2. The Balaban J connectivity index is 2.50. The number of anilines is 1. The lowest BCUT2D eigenvalue weighted by Crippen LogP contribution is -2.15. The molecule has 0 unspecified atom stereocenters. The Morgan fingerprint density at radius 2 is 1.95 bits per heavy atom. The van der Waals surface area contributed by atoms with Crippen LogP contribution in [0, 0.1) is 6.92 Å². The average Bonchev–Trinajstić information content (AvgIpc) is 2.43. The van der Waals surface area contributed by atoms with E-state index in [1.165, 1.54) is 0 Å². The molecule has 112 valence electrons. The fraction of sp³-hybridized carbons (Fsp3) is 0.143. The van der Waals surface area contributed by atoms with Crippen molar-refractivity contribution in [3.63, 3.8) is 0 Å². The van der Waals surface area contributed by atoms with Gasteiger partial charge in [-0.25, -0.2) is 8.42 Å². The molecule has 0 spiro atoms. The molecule has 7 heteroatoms. The van der Waals surface area contributed by atoms with Crippen LogP contribution in [0.4, 0.5) is 5.69 Å². The van der Waals surface area contributed by atoms with Gasteiger partial charge in [-0.2, -0.15) is 0 Å². The predicted octanol–water partition coefficient (Wildman–Crippen LogP) is 3.67. The standard InChI is InChI=1S/C14H14BrClN2O2S/c1-9-6-10(8-17)7-13(14(9)15)21(19,20)18-12-5-3-2-4-11(12)16/h2-7,18H,8,17H2,1H3. The summed E-state index contributed by atoms with van der Waals surface area (Å²) in [6.45, 7) is 2.08. The molecule has 2 aromatic rings. The first-order valence-corrected chi connectivity index (χ1v) is 8.77. The second kappa shape index (κ2) is 6.36. The van der Waals surface area contributed by atoms with E-state index in [-0.39, 0.29) is 11.4 Å². The normalized spacial score (nSPS) is 11.4. The van der Waals surface area contributed by atoms with Crippen molar-refractivity contribution in [3.8, 4) is 0 Å². The number of sulfonamides is 1. The number of halogens is 2. The molecule has 0 aliphatic rings. The maximum absolute atomic E-state index is 12.6. The van der Waals surface area contributed by atoms with Gasteiger partial charge in [0.2, 0.25) is 0 Å². The maximum Gasteiger partial charge on any atom is 0.263 e. The summed E-state index contributed by atoms with van der Waals surface area (Å²) in [4.78, 5) is 0.142. The topological polar surface area (TPSA) is 72.2 Å². The third-order valence-electron chi connectivity index (χ3n) is 2.92. The quantitative estimate of drug-likeness (QED) is 0.838. The molecule has 0 saturated carbocycles. The molecule has 0 fully saturated rings. The molecule has 0 saturated heterocycles. The van der Waals surface area contributed by atoms with Gasteiger partial charge in [-0.1, -0.05) is 29.8 Å². The Bertz CT molecular complexity index is 779. The van der Waals surface area contributed by atoms with Gasteiger partial charge < -0.3 is 5.73 Å². The van der Waals surface area contributed by atoms with Crippen LogP contribution in [0.2, 0.25) is 5.02 Å². The van der Waals surface area contributed by atoms with E-state index in [4.69, 9.17) is 17.3 Å². The lowest BCUT2D eigenvalue weighted by Gasteiger charge is -2.13. The van der Waals surface area contributed by atoms with Gasteiger partial charge in [0, 0.05) is 11.0 Å². The fourth-order valence-corrected chi connectivity index (χ4v) is 4.25. The van der Waals surface area contributed by atoms with Crippen LogP contribution < -0.4 is 10.5 Å². The zero-order valence-electron chi connectivity index (χ0n) is 11.2. The van der Waals surface area contributed by atoms with E-state index in [0.717, 1.165) is 11.1 Å². The molecule has 0 radical (unpaired) electrons. The van der Waals surface area contributed by atoms with Crippen LogP contribution in [-0.4, -0.2) is 8.42 Å². The number of hydrogen-bond donors (Lipinski definition) is 2. The summed E-state index contributed by atoms with van der Waals surface area (Å²) in [6, 6.07) is 10.1. The first-order valence-electron chi connectivity index (χ1n) is 6.11. The van der Waals surface area contributed by atoms with Gasteiger partial charge in [0.1, 0.15) is 4.90 Å². The number of para-hydroxylation sites is 1. The molecule has 0 amide bonds. The fourth-order valence-electron chi connectivity index (χ4n) is 1.87. The van der Waals surface area contributed by atoms with Gasteiger partial charge in [-0.05, 0) is 52.2 Å². The summed E-state index contributed by atoms with van der Waals surface area (Å²) in [5.41, 5.74) is 7.49. The maximum atomic E-state index is 12.6. The summed E-state index contributed by atoms with van der Waals surface area (Å²) >= 11 is 9.31. The molecule has 0 aliphatic heterocycles. The van der Waals surface area contributed by atoms with E-state index in [2.05, 4.69) is 20.7 Å². The first kappa shape index (κ1) is 16.3. The Hall–Kier alpha value is -1.08. The van der Waals surface area contributed by atoms with Crippen molar-refractivity contribution in [2.45, 2.75) is 18.4 Å². The minimum atomic E-state index is -3.76. The Labute approximate surface area is 137 Å². The third kappa shape index (κ3) is 3.58. The smallest absolute Gasteiger partial charge is 0.263 e. The Morgan fingerprint density at radius 1 is 1.29 bits per heavy atom. The molecule has 0 aromatic heterocycles. The highest BCUT2D eigenvalue weighted by atomic mass is 79.9. The molecule has 0 atom stereocenters. The van der Waals surface area contributed by atoms with E-state index in [9.17, 15) is 8.42 Å². The van der Waals surface area contributed by atoms with Crippen molar-refractivity contribution >= 4 is 43.2 Å². The number of nitrogens with two attached hydrogens (primary N) is 1. The number of aryl methyl sites for hydroxylation is 1. The van der Waals surface area contributed by atoms with Crippen molar-refractivity contribution in [3.05, 3.63) is 57.0 Å². The van der Waals surface area contributed by atoms with E-state index in [0.29, 0.717) is 15.2 Å². The van der Waals surface area contributed by atoms with E-state index < -0.39 is 10.0 Å². The second-order valence-corrected chi connectivity index (χ2v) is 7.37. The van der Waals surface area contributed by atoms with Gasteiger partial charge in [-0.15, -0.1) is 0 Å². The molecule has 0 aliphatic carbocycles. The zero-order chi connectivity index (χ0) is 15.6. The van der Waals surface area contributed by atoms with Crippen molar-refractivity contribution < 1.29 is 8.42 Å². The molecule has 21 heavy (non-hydrogen) atoms. The Morgan fingerprint density at radius 3 is 2.57 bits per heavy atom. The van der Waals surface area contributed by atoms with Crippen molar-refractivity contribution in [1.29, 1.82) is 0 Å². The zero-order valence-corrected chi connectivity index (χ0v) is 14.4. The summed E-state index contributed by atoms with van der Waals surface area (Å²) in [7, 11) is -3.76. The van der Waals surface area contributed by atoms with Gasteiger partial charge in [-0.3, -0.25) is 4.72 Å². The highest BCUT2D eigenvalue weighted by molar-refractivity contribution is 9.10. The third-order valence-corrected chi connectivity index (χ3v) is 5.96. The van der Waals surface area contributed by atoms with Crippen LogP contribution in [0.5, 0.6) is 0 Å². The van der Waals surface area contributed by atoms with Gasteiger partial charge >= 0.3 is 0 Å². The van der Waals surface area contributed by atoms with Crippen LogP contribution in [0.3, 0.4) is 0 Å². The Kier molecular flexibility index (Phi) is 4.93. The van der Waals surface area contributed by atoms with Crippen molar-refractivity contribution in [2.75, 3.05) is 4.72 Å². The molecule has 0 bridgehead atoms. The van der Waals surface area contributed by atoms with Crippen LogP contribution in [0.1, 0.15) is 11.1 Å². The highest BCUT2D eigenvalue weighted by Crippen LogP contribution is 2.30. The van der Waals surface area contributed by atoms with Gasteiger partial charge in [0.05, 0.1) is 10.7 Å². The molecular formula is C14H14BrClN2O2S. The second-order valence-electron chi connectivity index (χ2n) is 4.51. The van der Waals surface area contributed by atoms with Crippen LogP contribution in [-0.2, 0) is 16.6 Å². The van der Waals surface area contributed by atoms with Crippen molar-refractivity contribution in [2.24, 2.45) is 5.73 Å². The lowest BCUT2D eigenvalue weighted by molar-refractivity contribution is 0.600. The first-order chi connectivity index (χ1) is 9.85. The minimum Gasteiger partial charge on any atom is -0.326 e. The van der Waals surface area contributed by atoms with Gasteiger partial charge in [0.25, 0.3) is 10.0 Å². The molecule has 4 nitrogen and oxygen atoms in total. The molecule has 2 aromatic carbocycles. The van der Waals surface area contributed by atoms with Crippen LogP contribution in [0.25, 0.3) is 0 Å².